The molecule has 0 fully saturated rings. The zero-order chi connectivity index (χ0) is 17.6. The minimum atomic E-state index is -0.739. The lowest BCUT2D eigenvalue weighted by atomic mass is 9.89. The topological polar surface area (TPSA) is 78.4 Å². The smallest absolute Gasteiger partial charge is 0.313 e. The van der Waals surface area contributed by atoms with Crippen molar-refractivity contribution in [2.45, 2.75) is 53.6 Å². The number of aliphatic hydroxyl groups is 1. The highest BCUT2D eigenvalue weighted by Gasteiger charge is 2.24. The summed E-state index contributed by atoms with van der Waals surface area (Å²) in [6.45, 7) is 9.68. The summed E-state index contributed by atoms with van der Waals surface area (Å²) in [6.07, 6.45) is 0.912. The van der Waals surface area contributed by atoms with Gasteiger partial charge in [-0.05, 0) is 35.4 Å². The van der Waals surface area contributed by atoms with Gasteiger partial charge in [0, 0.05) is 12.2 Å². The van der Waals surface area contributed by atoms with Crippen LogP contribution in [0.4, 0.5) is 5.69 Å². The zero-order valence-electron chi connectivity index (χ0n) is 14.7. The number of carbonyl (C=O) groups excluding carboxylic acids is 2. The van der Waals surface area contributed by atoms with Crippen molar-refractivity contribution in [2.24, 2.45) is 5.41 Å². The van der Waals surface area contributed by atoms with Gasteiger partial charge in [-0.15, -0.1) is 0 Å². The van der Waals surface area contributed by atoms with E-state index in [1.807, 2.05) is 52.8 Å². The Hall–Kier alpha value is -1.88. The lowest BCUT2D eigenvalue weighted by molar-refractivity contribution is -0.136. The highest BCUT2D eigenvalue weighted by atomic mass is 16.3. The Labute approximate surface area is 138 Å². The lowest BCUT2D eigenvalue weighted by Crippen LogP contribution is -2.43. The molecule has 0 aliphatic heterocycles. The lowest BCUT2D eigenvalue weighted by Gasteiger charge is -2.25. The monoisotopic (exact) mass is 320 g/mol. The molecule has 1 unspecified atom stereocenters. The van der Waals surface area contributed by atoms with Gasteiger partial charge in [0.05, 0.1) is 6.10 Å². The van der Waals surface area contributed by atoms with Gasteiger partial charge in [0.1, 0.15) is 0 Å². The largest absolute Gasteiger partial charge is 0.391 e. The molecule has 5 nitrogen and oxygen atoms in total. The predicted octanol–water partition coefficient (Wildman–Crippen LogP) is 2.27. The van der Waals surface area contributed by atoms with E-state index in [0.717, 1.165) is 24.0 Å². The van der Waals surface area contributed by atoms with Crippen LogP contribution in [0.1, 0.15) is 45.7 Å². The van der Waals surface area contributed by atoms with Gasteiger partial charge in [-0.3, -0.25) is 9.59 Å². The number of aryl methyl sites for hydroxylation is 2. The van der Waals surface area contributed by atoms with E-state index in [1.54, 1.807) is 0 Å². The molecule has 0 aliphatic carbocycles. The fourth-order valence-corrected chi connectivity index (χ4v) is 2.02. The van der Waals surface area contributed by atoms with Gasteiger partial charge in [-0.25, -0.2) is 0 Å². The summed E-state index contributed by atoms with van der Waals surface area (Å²) in [5, 5.41) is 15.1. The predicted molar refractivity (Wildman–Crippen MR) is 92.3 cm³/mol. The summed E-state index contributed by atoms with van der Waals surface area (Å²) in [4.78, 5) is 23.9. The van der Waals surface area contributed by atoms with Crippen LogP contribution < -0.4 is 10.6 Å². The third-order valence-corrected chi connectivity index (χ3v) is 3.87. The second kappa shape index (κ2) is 8.11. The molecule has 0 radical (unpaired) electrons. The highest BCUT2D eigenvalue weighted by Crippen LogP contribution is 2.19. The average Bonchev–Trinajstić information content (AvgIpc) is 2.50. The molecule has 1 aromatic rings. The number of aliphatic hydroxyl groups excluding tert-OH is 1. The Bertz CT molecular complexity index is 562. The van der Waals surface area contributed by atoms with Crippen molar-refractivity contribution in [3.05, 3.63) is 29.3 Å². The number of hydrogen-bond acceptors (Lipinski definition) is 3. The van der Waals surface area contributed by atoms with Crippen molar-refractivity contribution >= 4 is 17.5 Å². The Morgan fingerprint density at radius 2 is 1.78 bits per heavy atom. The summed E-state index contributed by atoms with van der Waals surface area (Å²) in [5.41, 5.74) is 2.40. The van der Waals surface area contributed by atoms with Crippen LogP contribution >= 0.6 is 0 Å². The summed E-state index contributed by atoms with van der Waals surface area (Å²) in [6, 6.07) is 5.89. The SMILES string of the molecule is CCc1ccc(CC)c(NC(=O)C(=O)NCC(O)C(C)(C)C)c1. The standard InChI is InChI=1S/C18H28N2O3/c1-6-12-8-9-13(7-2)14(10-12)20-17(23)16(22)19-11-15(21)18(3,4)5/h8-10,15,21H,6-7,11H2,1-5H3,(H,19,22)(H,20,23). The van der Waals surface area contributed by atoms with Crippen LogP contribution in [-0.2, 0) is 22.4 Å². The number of rotatable bonds is 5. The Kier molecular flexibility index (Phi) is 6.76. The van der Waals surface area contributed by atoms with Crippen LogP contribution in [0.3, 0.4) is 0 Å². The molecule has 0 saturated heterocycles. The molecule has 1 atom stereocenters. The minimum absolute atomic E-state index is 0.0470. The normalized spacial score (nSPS) is 12.6. The maximum Gasteiger partial charge on any atom is 0.313 e. The summed E-state index contributed by atoms with van der Waals surface area (Å²) in [7, 11) is 0. The molecule has 2 amide bonds. The van der Waals surface area contributed by atoms with E-state index in [-0.39, 0.29) is 12.0 Å². The van der Waals surface area contributed by atoms with Crippen molar-refractivity contribution in [3.63, 3.8) is 0 Å². The Morgan fingerprint density at radius 1 is 1.13 bits per heavy atom. The van der Waals surface area contributed by atoms with Gasteiger partial charge in [0.25, 0.3) is 0 Å². The van der Waals surface area contributed by atoms with Crippen LogP contribution in [0, 0.1) is 5.41 Å². The van der Waals surface area contributed by atoms with Crippen LogP contribution in [0.25, 0.3) is 0 Å². The van der Waals surface area contributed by atoms with Crippen LogP contribution in [0.15, 0.2) is 18.2 Å². The molecule has 0 bridgehead atoms. The van der Waals surface area contributed by atoms with E-state index >= 15 is 0 Å². The fraction of sp³-hybridized carbons (Fsp3) is 0.556. The third kappa shape index (κ3) is 5.67. The summed E-state index contributed by atoms with van der Waals surface area (Å²) >= 11 is 0. The van der Waals surface area contributed by atoms with Gasteiger partial charge < -0.3 is 15.7 Å². The van der Waals surface area contributed by atoms with Gasteiger partial charge in [0.15, 0.2) is 0 Å². The van der Waals surface area contributed by atoms with Gasteiger partial charge in [0.2, 0.25) is 0 Å². The maximum atomic E-state index is 12.0. The molecule has 5 heteroatoms. The van der Waals surface area contributed by atoms with E-state index < -0.39 is 17.9 Å². The van der Waals surface area contributed by atoms with Gasteiger partial charge >= 0.3 is 11.8 Å². The van der Waals surface area contributed by atoms with Crippen molar-refractivity contribution < 1.29 is 14.7 Å². The first-order valence-electron chi connectivity index (χ1n) is 8.08. The highest BCUT2D eigenvalue weighted by molar-refractivity contribution is 6.39. The first kappa shape index (κ1) is 19.2. The van der Waals surface area contributed by atoms with Gasteiger partial charge in [-0.2, -0.15) is 0 Å². The molecule has 23 heavy (non-hydrogen) atoms. The molecular weight excluding hydrogens is 292 g/mol. The molecule has 0 heterocycles. The number of hydrogen-bond donors (Lipinski definition) is 3. The average molecular weight is 320 g/mol. The van der Waals surface area contributed by atoms with E-state index in [1.165, 1.54) is 0 Å². The number of amides is 2. The van der Waals surface area contributed by atoms with Crippen molar-refractivity contribution in [1.29, 1.82) is 0 Å². The van der Waals surface area contributed by atoms with Crippen molar-refractivity contribution in [2.75, 3.05) is 11.9 Å². The van der Waals surface area contributed by atoms with E-state index in [0.29, 0.717) is 5.69 Å². The number of carbonyl (C=O) groups is 2. The van der Waals surface area contributed by atoms with Crippen molar-refractivity contribution in [3.8, 4) is 0 Å². The second-order valence-corrected chi connectivity index (χ2v) is 6.74. The fourth-order valence-electron chi connectivity index (χ4n) is 2.02. The third-order valence-electron chi connectivity index (χ3n) is 3.87. The first-order valence-corrected chi connectivity index (χ1v) is 8.08. The maximum absolute atomic E-state index is 12.0. The van der Waals surface area contributed by atoms with Gasteiger partial charge in [-0.1, -0.05) is 46.8 Å². The van der Waals surface area contributed by atoms with E-state index in [2.05, 4.69) is 10.6 Å². The molecule has 0 aromatic heterocycles. The van der Waals surface area contributed by atoms with Crippen LogP contribution in [-0.4, -0.2) is 29.6 Å². The van der Waals surface area contributed by atoms with Crippen LogP contribution in [0.5, 0.6) is 0 Å². The number of benzene rings is 1. The molecule has 128 valence electrons. The molecule has 0 aliphatic rings. The number of nitrogens with one attached hydrogen (secondary N) is 2. The molecular formula is C18H28N2O3. The number of anilines is 1. The Balaban J connectivity index is 2.70. The zero-order valence-corrected chi connectivity index (χ0v) is 14.7. The molecule has 0 saturated carbocycles. The minimum Gasteiger partial charge on any atom is -0.391 e. The van der Waals surface area contributed by atoms with E-state index in [4.69, 9.17) is 0 Å². The second-order valence-electron chi connectivity index (χ2n) is 6.74. The molecule has 0 spiro atoms. The van der Waals surface area contributed by atoms with Crippen LogP contribution in [0.2, 0.25) is 0 Å². The Morgan fingerprint density at radius 3 is 2.30 bits per heavy atom. The van der Waals surface area contributed by atoms with E-state index in [9.17, 15) is 14.7 Å². The molecule has 3 N–H and O–H groups in total. The molecule has 1 aromatic carbocycles. The molecule has 1 rings (SSSR count). The summed E-state index contributed by atoms with van der Waals surface area (Å²) in [5.74, 6) is -1.45. The summed E-state index contributed by atoms with van der Waals surface area (Å²) < 4.78 is 0. The van der Waals surface area contributed by atoms with Crippen molar-refractivity contribution in [1.82, 2.24) is 5.32 Å². The first-order chi connectivity index (χ1) is 10.7. The quantitative estimate of drug-likeness (QED) is 0.728.